The van der Waals surface area contributed by atoms with E-state index >= 15 is 0 Å². The average Bonchev–Trinajstić information content (AvgIpc) is 2.74. The third-order valence-electron chi connectivity index (χ3n) is 4.61. The first kappa shape index (κ1) is 16.9. The fraction of sp³-hybridized carbons (Fsp3) is 0.444. The van der Waals surface area contributed by atoms with E-state index in [4.69, 9.17) is 14.5 Å². The molecule has 2 fully saturated rings. The van der Waals surface area contributed by atoms with E-state index in [0.717, 1.165) is 18.9 Å². The molecule has 0 aliphatic carbocycles. The van der Waals surface area contributed by atoms with Crippen molar-refractivity contribution in [1.29, 1.82) is 0 Å². The fourth-order valence-electron chi connectivity index (χ4n) is 3.21. The highest BCUT2D eigenvalue weighted by molar-refractivity contribution is 5.94. The topological polar surface area (TPSA) is 80.7 Å². The van der Waals surface area contributed by atoms with Crippen molar-refractivity contribution in [1.82, 2.24) is 19.9 Å². The predicted octanol–water partition coefficient (Wildman–Crippen LogP) is 0.922. The van der Waals surface area contributed by atoms with Crippen molar-refractivity contribution in [2.45, 2.75) is 6.04 Å². The van der Waals surface area contributed by atoms with Gasteiger partial charge in [0.25, 0.3) is 5.91 Å². The number of pyridine rings is 1. The lowest BCUT2D eigenvalue weighted by Gasteiger charge is -2.35. The minimum Gasteiger partial charge on any atom is -0.378 e. The van der Waals surface area contributed by atoms with E-state index in [1.54, 1.807) is 35.6 Å². The van der Waals surface area contributed by atoms with Gasteiger partial charge in [-0.15, -0.1) is 0 Å². The maximum absolute atomic E-state index is 12.9. The molecule has 0 spiro atoms. The van der Waals surface area contributed by atoms with Crippen molar-refractivity contribution in [2.24, 2.45) is 0 Å². The lowest BCUT2D eigenvalue weighted by Crippen LogP contribution is -2.44. The summed E-state index contributed by atoms with van der Waals surface area (Å²) in [4.78, 5) is 30.0. The van der Waals surface area contributed by atoms with Crippen LogP contribution in [0.15, 0.2) is 36.8 Å². The Morgan fingerprint density at radius 3 is 2.58 bits per heavy atom. The molecule has 0 aromatic carbocycles. The van der Waals surface area contributed by atoms with Gasteiger partial charge < -0.3 is 19.3 Å². The Kier molecular flexibility index (Phi) is 5.03. The molecule has 8 nitrogen and oxygen atoms in total. The quantitative estimate of drug-likeness (QED) is 0.810. The molecular formula is C18H21N5O3. The molecule has 0 bridgehead atoms. The molecule has 0 saturated carbocycles. The molecule has 4 rings (SSSR count). The summed E-state index contributed by atoms with van der Waals surface area (Å²) in [7, 11) is 0. The zero-order valence-electron chi connectivity index (χ0n) is 14.5. The molecule has 2 saturated heterocycles. The summed E-state index contributed by atoms with van der Waals surface area (Å²) in [5.74, 6) is 1.41. The SMILES string of the molecule is O=C(c1ccncc1)N1CCOCC1c1nccc(N2CCOCC2)n1. The van der Waals surface area contributed by atoms with Gasteiger partial charge in [-0.2, -0.15) is 0 Å². The second kappa shape index (κ2) is 7.76. The zero-order valence-corrected chi connectivity index (χ0v) is 14.5. The van der Waals surface area contributed by atoms with Crippen LogP contribution in [-0.2, 0) is 9.47 Å². The lowest BCUT2D eigenvalue weighted by molar-refractivity contribution is -0.00522. The largest absolute Gasteiger partial charge is 0.378 e. The number of morpholine rings is 2. The van der Waals surface area contributed by atoms with Crippen LogP contribution in [0.2, 0.25) is 0 Å². The first-order valence-electron chi connectivity index (χ1n) is 8.77. The van der Waals surface area contributed by atoms with Crippen LogP contribution >= 0.6 is 0 Å². The number of amides is 1. The monoisotopic (exact) mass is 355 g/mol. The van der Waals surface area contributed by atoms with Gasteiger partial charge in [-0.1, -0.05) is 0 Å². The summed E-state index contributed by atoms with van der Waals surface area (Å²) in [5, 5.41) is 0. The number of hydrogen-bond donors (Lipinski definition) is 0. The Morgan fingerprint density at radius 1 is 1.00 bits per heavy atom. The summed E-state index contributed by atoms with van der Waals surface area (Å²) in [6, 6.07) is 5.04. The first-order valence-corrected chi connectivity index (χ1v) is 8.77. The maximum atomic E-state index is 12.9. The molecule has 1 unspecified atom stereocenters. The molecule has 1 atom stereocenters. The fourth-order valence-corrected chi connectivity index (χ4v) is 3.21. The van der Waals surface area contributed by atoms with E-state index in [-0.39, 0.29) is 11.9 Å². The number of carbonyl (C=O) groups is 1. The van der Waals surface area contributed by atoms with Gasteiger partial charge >= 0.3 is 0 Å². The molecule has 2 aromatic rings. The van der Waals surface area contributed by atoms with Crippen LogP contribution in [0, 0.1) is 0 Å². The number of hydrogen-bond acceptors (Lipinski definition) is 7. The summed E-state index contributed by atoms with van der Waals surface area (Å²) in [6.07, 6.45) is 4.99. The molecule has 0 N–H and O–H groups in total. The second-order valence-corrected chi connectivity index (χ2v) is 6.20. The molecule has 0 radical (unpaired) electrons. The summed E-state index contributed by atoms with van der Waals surface area (Å²) < 4.78 is 11.0. The van der Waals surface area contributed by atoms with Crippen LogP contribution in [-0.4, -0.2) is 71.8 Å². The number of carbonyl (C=O) groups excluding carboxylic acids is 1. The van der Waals surface area contributed by atoms with Gasteiger partial charge in [0.05, 0.1) is 26.4 Å². The smallest absolute Gasteiger partial charge is 0.254 e. The number of ether oxygens (including phenoxy) is 2. The van der Waals surface area contributed by atoms with Gasteiger partial charge in [0.1, 0.15) is 11.9 Å². The highest BCUT2D eigenvalue weighted by atomic mass is 16.5. The van der Waals surface area contributed by atoms with E-state index < -0.39 is 0 Å². The van der Waals surface area contributed by atoms with Gasteiger partial charge in [-0.05, 0) is 18.2 Å². The van der Waals surface area contributed by atoms with Gasteiger partial charge in [0, 0.05) is 43.8 Å². The summed E-state index contributed by atoms with van der Waals surface area (Å²) in [5.41, 5.74) is 0.608. The molecule has 2 aromatic heterocycles. The lowest BCUT2D eigenvalue weighted by atomic mass is 10.1. The van der Waals surface area contributed by atoms with E-state index in [0.29, 0.717) is 44.4 Å². The molecule has 136 valence electrons. The Morgan fingerprint density at radius 2 is 1.77 bits per heavy atom. The molecule has 2 aliphatic heterocycles. The van der Waals surface area contributed by atoms with E-state index in [1.165, 1.54) is 0 Å². The first-order chi connectivity index (χ1) is 12.8. The molecule has 1 amide bonds. The van der Waals surface area contributed by atoms with Gasteiger partial charge in [-0.25, -0.2) is 9.97 Å². The van der Waals surface area contributed by atoms with Crippen LogP contribution in [0.1, 0.15) is 22.2 Å². The third kappa shape index (κ3) is 3.51. The highest BCUT2D eigenvalue weighted by Gasteiger charge is 2.31. The number of aromatic nitrogens is 3. The van der Waals surface area contributed by atoms with Crippen molar-refractivity contribution in [2.75, 3.05) is 51.0 Å². The number of rotatable bonds is 3. The van der Waals surface area contributed by atoms with E-state index in [2.05, 4.69) is 14.9 Å². The molecule has 4 heterocycles. The third-order valence-corrected chi connectivity index (χ3v) is 4.61. The van der Waals surface area contributed by atoms with Gasteiger partial charge in [0.2, 0.25) is 0 Å². The maximum Gasteiger partial charge on any atom is 0.254 e. The van der Waals surface area contributed by atoms with Crippen LogP contribution in [0.3, 0.4) is 0 Å². The predicted molar refractivity (Wildman–Crippen MR) is 93.9 cm³/mol. The van der Waals surface area contributed by atoms with Gasteiger partial charge in [0.15, 0.2) is 5.82 Å². The van der Waals surface area contributed by atoms with Crippen LogP contribution in [0.5, 0.6) is 0 Å². The Balaban J connectivity index is 1.59. The Labute approximate surface area is 151 Å². The molecule has 2 aliphatic rings. The number of anilines is 1. The molecule has 8 heteroatoms. The van der Waals surface area contributed by atoms with Gasteiger partial charge in [-0.3, -0.25) is 9.78 Å². The van der Waals surface area contributed by atoms with E-state index in [1.807, 2.05) is 6.07 Å². The highest BCUT2D eigenvalue weighted by Crippen LogP contribution is 2.25. The van der Waals surface area contributed by atoms with Crippen molar-refractivity contribution < 1.29 is 14.3 Å². The van der Waals surface area contributed by atoms with Crippen LogP contribution < -0.4 is 4.90 Å². The standard InChI is InChI=1S/C18H21N5O3/c24-18(14-1-4-19-5-2-14)23-9-12-26-13-15(23)17-20-6-3-16(21-17)22-7-10-25-11-8-22/h1-6,15H,7-13H2. The van der Waals surface area contributed by atoms with Crippen LogP contribution in [0.25, 0.3) is 0 Å². The van der Waals surface area contributed by atoms with Crippen molar-refractivity contribution in [3.8, 4) is 0 Å². The normalized spacial score (nSPS) is 20.8. The summed E-state index contributed by atoms with van der Waals surface area (Å²) in [6.45, 7) is 4.41. The van der Waals surface area contributed by atoms with Crippen LogP contribution in [0.4, 0.5) is 5.82 Å². The zero-order chi connectivity index (χ0) is 17.8. The second-order valence-electron chi connectivity index (χ2n) is 6.20. The number of nitrogens with zero attached hydrogens (tertiary/aromatic N) is 5. The molecular weight excluding hydrogens is 334 g/mol. The minimum absolute atomic E-state index is 0.0546. The summed E-state index contributed by atoms with van der Waals surface area (Å²) >= 11 is 0. The van der Waals surface area contributed by atoms with Crippen molar-refractivity contribution in [3.05, 3.63) is 48.2 Å². The molecule has 26 heavy (non-hydrogen) atoms. The van der Waals surface area contributed by atoms with Crippen molar-refractivity contribution >= 4 is 11.7 Å². The minimum atomic E-state index is -0.301. The van der Waals surface area contributed by atoms with E-state index in [9.17, 15) is 4.79 Å². The Bertz CT molecular complexity index is 752. The van der Waals surface area contributed by atoms with Crippen molar-refractivity contribution in [3.63, 3.8) is 0 Å². The Hall–Kier alpha value is -2.58. The average molecular weight is 355 g/mol.